The van der Waals surface area contributed by atoms with E-state index in [4.69, 9.17) is 4.74 Å². The molecule has 0 spiro atoms. The third kappa shape index (κ3) is 4.24. The molecule has 2 aromatic carbocycles. The van der Waals surface area contributed by atoms with E-state index in [1.807, 2.05) is 30.3 Å². The molecule has 0 aliphatic rings. The van der Waals surface area contributed by atoms with E-state index in [9.17, 15) is 9.59 Å². The average Bonchev–Trinajstić information content (AvgIpc) is 2.41. The van der Waals surface area contributed by atoms with Crippen molar-refractivity contribution in [3.05, 3.63) is 60.2 Å². The lowest BCUT2D eigenvalue weighted by Crippen LogP contribution is -2.14. The molecule has 0 atom stereocenters. The topological polar surface area (TPSA) is 55.4 Å². The number of nitrogens with one attached hydrogen (secondary N) is 1. The van der Waals surface area contributed by atoms with E-state index in [0.717, 1.165) is 11.3 Å². The van der Waals surface area contributed by atoms with Crippen LogP contribution in [0.3, 0.4) is 0 Å². The first-order chi connectivity index (χ1) is 9.63. The number of amides is 1. The molecule has 0 heterocycles. The molecule has 1 N–H and O–H groups in total. The monoisotopic (exact) mass is 269 g/mol. The Morgan fingerprint density at radius 1 is 1.00 bits per heavy atom. The van der Waals surface area contributed by atoms with Gasteiger partial charge in [-0.25, -0.2) is 0 Å². The molecule has 1 amide bonds. The van der Waals surface area contributed by atoms with Crippen LogP contribution in [0.25, 0.3) is 0 Å². The second-order valence-electron chi connectivity index (χ2n) is 4.33. The number of carbonyl (C=O) groups is 2. The lowest BCUT2D eigenvalue weighted by Gasteiger charge is -2.06. The van der Waals surface area contributed by atoms with Crippen molar-refractivity contribution in [2.45, 2.75) is 13.3 Å². The second kappa shape index (κ2) is 6.52. The van der Waals surface area contributed by atoms with Gasteiger partial charge in [0.15, 0.2) is 0 Å². The molecular formula is C16H15NO3. The van der Waals surface area contributed by atoms with Crippen LogP contribution in [-0.4, -0.2) is 11.9 Å². The summed E-state index contributed by atoms with van der Waals surface area (Å²) in [5.74, 6) is 0.0284. The summed E-state index contributed by atoms with van der Waals surface area (Å²) in [6, 6.07) is 16.2. The quantitative estimate of drug-likeness (QED) is 0.686. The zero-order valence-electron chi connectivity index (χ0n) is 11.1. The predicted molar refractivity (Wildman–Crippen MR) is 76.5 cm³/mol. The summed E-state index contributed by atoms with van der Waals surface area (Å²) in [6.45, 7) is 1.35. The summed E-state index contributed by atoms with van der Waals surface area (Å²) in [4.78, 5) is 22.6. The molecular weight excluding hydrogens is 254 g/mol. The van der Waals surface area contributed by atoms with E-state index < -0.39 is 0 Å². The van der Waals surface area contributed by atoms with Crippen molar-refractivity contribution in [3.8, 4) is 5.75 Å². The maximum Gasteiger partial charge on any atom is 0.308 e. The van der Waals surface area contributed by atoms with Gasteiger partial charge >= 0.3 is 5.97 Å². The molecule has 20 heavy (non-hydrogen) atoms. The van der Waals surface area contributed by atoms with Crippen LogP contribution >= 0.6 is 0 Å². The molecule has 0 fully saturated rings. The number of esters is 1. The zero-order chi connectivity index (χ0) is 14.4. The van der Waals surface area contributed by atoms with E-state index in [2.05, 4.69) is 5.32 Å². The maximum absolute atomic E-state index is 11.8. The van der Waals surface area contributed by atoms with Crippen LogP contribution in [-0.2, 0) is 16.0 Å². The molecule has 0 aliphatic carbocycles. The smallest absolute Gasteiger partial charge is 0.308 e. The Morgan fingerprint density at radius 2 is 1.65 bits per heavy atom. The first-order valence-electron chi connectivity index (χ1n) is 6.26. The molecule has 0 saturated heterocycles. The number of rotatable bonds is 4. The number of hydrogen-bond donors (Lipinski definition) is 1. The number of ether oxygens (including phenoxy) is 1. The highest BCUT2D eigenvalue weighted by Gasteiger charge is 2.05. The molecule has 0 bridgehead atoms. The fraction of sp³-hybridized carbons (Fsp3) is 0.125. The highest BCUT2D eigenvalue weighted by Crippen LogP contribution is 2.13. The second-order valence-corrected chi connectivity index (χ2v) is 4.33. The molecule has 102 valence electrons. The van der Waals surface area contributed by atoms with E-state index in [1.54, 1.807) is 24.3 Å². The molecule has 0 aliphatic heterocycles. The first-order valence-corrected chi connectivity index (χ1v) is 6.26. The number of benzene rings is 2. The van der Waals surface area contributed by atoms with Crippen molar-refractivity contribution < 1.29 is 14.3 Å². The van der Waals surface area contributed by atoms with Crippen LogP contribution in [0.15, 0.2) is 54.6 Å². The molecule has 0 aromatic heterocycles. The summed E-state index contributed by atoms with van der Waals surface area (Å²) in [5, 5.41) is 2.81. The van der Waals surface area contributed by atoms with Crippen LogP contribution < -0.4 is 10.1 Å². The van der Waals surface area contributed by atoms with Gasteiger partial charge in [0.1, 0.15) is 5.75 Å². The fourth-order valence-electron chi connectivity index (χ4n) is 1.75. The molecule has 4 heteroatoms. The summed E-state index contributed by atoms with van der Waals surface area (Å²) in [5.41, 5.74) is 1.63. The van der Waals surface area contributed by atoms with Gasteiger partial charge in [-0.3, -0.25) is 9.59 Å². The Hall–Kier alpha value is -2.62. The molecule has 0 saturated carbocycles. The van der Waals surface area contributed by atoms with Crippen molar-refractivity contribution in [3.63, 3.8) is 0 Å². The third-order valence-electron chi connectivity index (χ3n) is 2.61. The number of anilines is 1. The van der Waals surface area contributed by atoms with Crippen LogP contribution in [0.2, 0.25) is 0 Å². The molecule has 0 unspecified atom stereocenters. The van der Waals surface area contributed by atoms with Crippen LogP contribution in [0.5, 0.6) is 5.75 Å². The van der Waals surface area contributed by atoms with Crippen LogP contribution in [0.4, 0.5) is 5.69 Å². The third-order valence-corrected chi connectivity index (χ3v) is 2.61. The Balaban J connectivity index is 1.93. The number of hydrogen-bond acceptors (Lipinski definition) is 3. The van der Waals surface area contributed by atoms with Crippen molar-refractivity contribution in [2.24, 2.45) is 0 Å². The molecule has 4 nitrogen and oxygen atoms in total. The van der Waals surface area contributed by atoms with Crippen molar-refractivity contribution in [1.82, 2.24) is 0 Å². The van der Waals surface area contributed by atoms with E-state index in [1.165, 1.54) is 6.92 Å². The van der Waals surface area contributed by atoms with Gasteiger partial charge in [-0.1, -0.05) is 30.3 Å². The number of para-hydroxylation sites is 1. The number of carbonyl (C=O) groups excluding carboxylic acids is 2. The Kier molecular flexibility index (Phi) is 4.50. The zero-order valence-corrected chi connectivity index (χ0v) is 11.1. The van der Waals surface area contributed by atoms with Gasteiger partial charge in [-0.2, -0.15) is 0 Å². The minimum Gasteiger partial charge on any atom is -0.427 e. The standard InChI is InChI=1S/C16H15NO3/c1-12(18)20-15-9-7-13(8-10-15)11-16(19)17-14-5-3-2-4-6-14/h2-10H,11H2,1H3,(H,17,19). The summed E-state index contributed by atoms with van der Waals surface area (Å²) in [7, 11) is 0. The minimum absolute atomic E-state index is 0.0866. The fourth-order valence-corrected chi connectivity index (χ4v) is 1.75. The molecule has 2 rings (SSSR count). The van der Waals surface area contributed by atoms with Crippen molar-refractivity contribution in [2.75, 3.05) is 5.32 Å². The first kappa shape index (κ1) is 13.8. The van der Waals surface area contributed by atoms with Gasteiger partial charge in [0.05, 0.1) is 6.42 Å². The summed E-state index contributed by atoms with van der Waals surface area (Å²) < 4.78 is 4.93. The summed E-state index contributed by atoms with van der Waals surface area (Å²) >= 11 is 0. The lowest BCUT2D eigenvalue weighted by atomic mass is 10.1. The highest BCUT2D eigenvalue weighted by atomic mass is 16.5. The predicted octanol–water partition coefficient (Wildman–Crippen LogP) is 2.79. The van der Waals surface area contributed by atoms with Gasteiger partial charge in [0.2, 0.25) is 5.91 Å². The van der Waals surface area contributed by atoms with E-state index in [0.29, 0.717) is 5.75 Å². The van der Waals surface area contributed by atoms with Gasteiger partial charge in [-0.05, 0) is 29.8 Å². The molecule has 0 radical (unpaired) electrons. The van der Waals surface area contributed by atoms with Crippen molar-refractivity contribution >= 4 is 17.6 Å². The molecule has 2 aromatic rings. The van der Waals surface area contributed by atoms with Gasteiger partial charge in [0, 0.05) is 12.6 Å². The van der Waals surface area contributed by atoms with Crippen molar-refractivity contribution in [1.29, 1.82) is 0 Å². The van der Waals surface area contributed by atoms with E-state index in [-0.39, 0.29) is 18.3 Å². The largest absolute Gasteiger partial charge is 0.427 e. The Morgan fingerprint density at radius 3 is 2.25 bits per heavy atom. The summed E-state index contributed by atoms with van der Waals surface area (Å²) in [6.07, 6.45) is 0.273. The average molecular weight is 269 g/mol. The van der Waals surface area contributed by atoms with Gasteiger partial charge in [0.25, 0.3) is 0 Å². The SMILES string of the molecule is CC(=O)Oc1ccc(CC(=O)Nc2ccccc2)cc1. The van der Waals surface area contributed by atoms with Gasteiger partial charge in [-0.15, -0.1) is 0 Å². The minimum atomic E-state index is -0.362. The maximum atomic E-state index is 11.8. The van der Waals surface area contributed by atoms with E-state index >= 15 is 0 Å². The Labute approximate surface area is 117 Å². The van der Waals surface area contributed by atoms with Gasteiger partial charge < -0.3 is 10.1 Å². The van der Waals surface area contributed by atoms with Crippen LogP contribution in [0, 0.1) is 0 Å². The Bertz CT molecular complexity index is 591. The highest BCUT2D eigenvalue weighted by molar-refractivity contribution is 5.92. The normalized spacial score (nSPS) is 9.85. The lowest BCUT2D eigenvalue weighted by molar-refractivity contribution is -0.131. The van der Waals surface area contributed by atoms with Crippen LogP contribution in [0.1, 0.15) is 12.5 Å².